The van der Waals surface area contributed by atoms with E-state index in [2.05, 4.69) is 10.2 Å². The van der Waals surface area contributed by atoms with E-state index < -0.39 is 0 Å². The number of carbonyl (C=O) groups is 2. The first kappa shape index (κ1) is 24.0. The molecule has 34 heavy (non-hydrogen) atoms. The van der Waals surface area contributed by atoms with Crippen LogP contribution < -0.4 is 10.1 Å². The number of carbonyl (C=O) groups excluding carboxylic acids is 2. The SMILES string of the molecule is Cc1ccc(C2=C(Nc3ccc(OC(C)C)cc3)C(=O)N(CCCN3CCOCC3)C2=O)cc1. The quantitative estimate of drug-likeness (QED) is 0.572. The second-order valence-electron chi connectivity index (χ2n) is 9.00. The average molecular weight is 464 g/mol. The fourth-order valence-corrected chi connectivity index (χ4v) is 4.19. The third kappa shape index (κ3) is 5.66. The smallest absolute Gasteiger partial charge is 0.278 e. The molecule has 2 heterocycles. The third-order valence-corrected chi connectivity index (χ3v) is 5.96. The number of amides is 2. The number of hydrogen-bond donors (Lipinski definition) is 1. The fourth-order valence-electron chi connectivity index (χ4n) is 4.19. The molecule has 0 atom stereocenters. The lowest BCUT2D eigenvalue weighted by Crippen LogP contribution is -2.39. The van der Waals surface area contributed by atoms with Crippen LogP contribution in [0.3, 0.4) is 0 Å². The van der Waals surface area contributed by atoms with Crippen molar-refractivity contribution in [2.24, 2.45) is 0 Å². The van der Waals surface area contributed by atoms with Crippen molar-refractivity contribution in [1.29, 1.82) is 0 Å². The van der Waals surface area contributed by atoms with Gasteiger partial charge in [0.25, 0.3) is 11.8 Å². The van der Waals surface area contributed by atoms with Crippen LogP contribution in [0.2, 0.25) is 0 Å². The van der Waals surface area contributed by atoms with Gasteiger partial charge in [-0.05, 0) is 57.0 Å². The summed E-state index contributed by atoms with van der Waals surface area (Å²) in [4.78, 5) is 30.5. The Labute approximate surface area is 201 Å². The van der Waals surface area contributed by atoms with Gasteiger partial charge in [-0.1, -0.05) is 29.8 Å². The van der Waals surface area contributed by atoms with E-state index >= 15 is 0 Å². The van der Waals surface area contributed by atoms with Gasteiger partial charge in [0, 0.05) is 31.9 Å². The zero-order valence-electron chi connectivity index (χ0n) is 20.2. The molecule has 2 aliphatic rings. The molecule has 0 spiro atoms. The molecule has 1 fully saturated rings. The van der Waals surface area contributed by atoms with E-state index in [4.69, 9.17) is 9.47 Å². The molecule has 2 aromatic rings. The summed E-state index contributed by atoms with van der Waals surface area (Å²) in [7, 11) is 0. The highest BCUT2D eigenvalue weighted by Gasteiger charge is 2.39. The van der Waals surface area contributed by atoms with Gasteiger partial charge < -0.3 is 14.8 Å². The van der Waals surface area contributed by atoms with E-state index in [0.717, 1.165) is 61.8 Å². The maximum atomic E-state index is 13.4. The van der Waals surface area contributed by atoms with Gasteiger partial charge in [0.05, 0.1) is 24.9 Å². The van der Waals surface area contributed by atoms with E-state index in [-0.39, 0.29) is 17.9 Å². The summed E-state index contributed by atoms with van der Waals surface area (Å²) in [5.74, 6) is 0.218. The molecule has 0 radical (unpaired) electrons. The Morgan fingerprint density at radius 1 is 0.941 bits per heavy atom. The maximum Gasteiger partial charge on any atom is 0.278 e. The number of morpholine rings is 1. The predicted molar refractivity (Wildman–Crippen MR) is 133 cm³/mol. The van der Waals surface area contributed by atoms with Crippen molar-refractivity contribution >= 4 is 23.1 Å². The molecule has 0 aliphatic carbocycles. The molecule has 1 saturated heterocycles. The number of nitrogens with zero attached hydrogens (tertiary/aromatic N) is 2. The van der Waals surface area contributed by atoms with E-state index in [9.17, 15) is 9.59 Å². The molecule has 2 amide bonds. The number of hydrogen-bond acceptors (Lipinski definition) is 6. The lowest BCUT2D eigenvalue weighted by molar-refractivity contribution is -0.136. The number of nitrogens with one attached hydrogen (secondary N) is 1. The molecule has 0 saturated carbocycles. The van der Waals surface area contributed by atoms with Crippen LogP contribution >= 0.6 is 0 Å². The van der Waals surface area contributed by atoms with Crippen molar-refractivity contribution in [2.45, 2.75) is 33.3 Å². The van der Waals surface area contributed by atoms with Gasteiger partial charge in [0.2, 0.25) is 0 Å². The van der Waals surface area contributed by atoms with E-state index in [1.54, 1.807) is 0 Å². The third-order valence-electron chi connectivity index (χ3n) is 5.96. The highest BCUT2D eigenvalue weighted by Crippen LogP contribution is 2.31. The molecular weight excluding hydrogens is 430 g/mol. The van der Waals surface area contributed by atoms with Crippen LogP contribution in [-0.2, 0) is 14.3 Å². The van der Waals surface area contributed by atoms with Gasteiger partial charge >= 0.3 is 0 Å². The number of aryl methyl sites for hydroxylation is 1. The minimum absolute atomic E-state index is 0.0784. The summed E-state index contributed by atoms with van der Waals surface area (Å²) in [5, 5.41) is 3.22. The lowest BCUT2D eigenvalue weighted by atomic mass is 10.0. The van der Waals surface area contributed by atoms with Crippen molar-refractivity contribution in [3.05, 3.63) is 65.4 Å². The van der Waals surface area contributed by atoms with Gasteiger partial charge in [-0.3, -0.25) is 19.4 Å². The highest BCUT2D eigenvalue weighted by atomic mass is 16.5. The van der Waals surface area contributed by atoms with Gasteiger partial charge in [0.1, 0.15) is 11.4 Å². The molecule has 180 valence electrons. The summed E-state index contributed by atoms with van der Waals surface area (Å²) in [6.07, 6.45) is 0.808. The lowest BCUT2D eigenvalue weighted by Gasteiger charge is -2.27. The second kappa shape index (κ2) is 10.8. The standard InChI is InChI=1S/C27H33N3O4/c1-19(2)34-23-11-9-22(10-12-23)28-25-24(21-7-5-20(3)6-8-21)26(31)30(27(25)32)14-4-13-29-15-17-33-18-16-29/h5-12,19,28H,4,13-18H2,1-3H3. The Balaban J connectivity index is 1.53. The summed E-state index contributed by atoms with van der Waals surface area (Å²) >= 11 is 0. The first-order valence-electron chi connectivity index (χ1n) is 11.9. The van der Waals surface area contributed by atoms with E-state index in [0.29, 0.717) is 17.8 Å². The molecule has 2 aliphatic heterocycles. The fraction of sp³-hybridized carbons (Fsp3) is 0.407. The number of benzene rings is 2. The summed E-state index contributed by atoms with van der Waals surface area (Å²) in [6, 6.07) is 15.1. The average Bonchev–Trinajstić information content (AvgIpc) is 3.05. The Kier molecular flexibility index (Phi) is 7.65. The van der Waals surface area contributed by atoms with Crippen molar-refractivity contribution < 1.29 is 19.1 Å². The Morgan fingerprint density at radius 3 is 2.26 bits per heavy atom. The van der Waals surface area contributed by atoms with Crippen LogP contribution in [0.15, 0.2) is 54.2 Å². The van der Waals surface area contributed by atoms with E-state index in [1.807, 2.05) is 69.3 Å². The van der Waals surface area contributed by atoms with Gasteiger partial charge in [-0.15, -0.1) is 0 Å². The zero-order valence-corrected chi connectivity index (χ0v) is 20.2. The topological polar surface area (TPSA) is 71.1 Å². The zero-order chi connectivity index (χ0) is 24.1. The first-order chi connectivity index (χ1) is 16.4. The molecule has 4 rings (SSSR count). The maximum absolute atomic E-state index is 13.4. The number of ether oxygens (including phenoxy) is 2. The van der Waals surface area contributed by atoms with Gasteiger partial charge in [-0.2, -0.15) is 0 Å². The molecular formula is C27H33N3O4. The van der Waals surface area contributed by atoms with Gasteiger partial charge in [-0.25, -0.2) is 0 Å². The van der Waals surface area contributed by atoms with Crippen LogP contribution in [0.4, 0.5) is 5.69 Å². The minimum atomic E-state index is -0.287. The van der Waals surface area contributed by atoms with Crippen molar-refractivity contribution in [1.82, 2.24) is 9.80 Å². The normalized spacial score (nSPS) is 17.1. The first-order valence-corrected chi connectivity index (χ1v) is 11.9. The Bertz CT molecular complexity index is 1040. The van der Waals surface area contributed by atoms with E-state index in [1.165, 1.54) is 4.90 Å². The number of imide groups is 1. The molecule has 1 N–H and O–H groups in total. The molecule has 2 aromatic carbocycles. The Morgan fingerprint density at radius 2 is 1.62 bits per heavy atom. The van der Waals surface area contributed by atoms with Crippen molar-refractivity contribution in [3.8, 4) is 5.75 Å². The minimum Gasteiger partial charge on any atom is -0.491 e. The Hall–Kier alpha value is -3.16. The number of rotatable bonds is 9. The summed E-state index contributed by atoms with van der Waals surface area (Å²) in [6.45, 7) is 10.4. The molecule has 7 nitrogen and oxygen atoms in total. The summed E-state index contributed by atoms with van der Waals surface area (Å²) < 4.78 is 11.1. The second-order valence-corrected chi connectivity index (χ2v) is 9.00. The molecule has 0 aromatic heterocycles. The summed E-state index contributed by atoms with van der Waals surface area (Å²) in [5.41, 5.74) is 3.30. The predicted octanol–water partition coefficient (Wildman–Crippen LogP) is 3.70. The monoisotopic (exact) mass is 463 g/mol. The largest absolute Gasteiger partial charge is 0.491 e. The molecule has 0 bridgehead atoms. The van der Waals surface area contributed by atoms with Crippen LogP contribution in [0.5, 0.6) is 5.75 Å². The number of anilines is 1. The van der Waals surface area contributed by atoms with Crippen molar-refractivity contribution in [3.63, 3.8) is 0 Å². The van der Waals surface area contributed by atoms with Crippen LogP contribution in [-0.4, -0.2) is 67.1 Å². The highest BCUT2D eigenvalue weighted by molar-refractivity contribution is 6.36. The molecule has 0 unspecified atom stereocenters. The molecule has 7 heteroatoms. The van der Waals surface area contributed by atoms with Gasteiger partial charge in [0.15, 0.2) is 0 Å². The van der Waals surface area contributed by atoms with Crippen LogP contribution in [0.1, 0.15) is 31.4 Å². The van der Waals surface area contributed by atoms with Crippen LogP contribution in [0, 0.1) is 6.92 Å². The van der Waals surface area contributed by atoms with Crippen LogP contribution in [0.25, 0.3) is 5.57 Å². The van der Waals surface area contributed by atoms with Crippen molar-refractivity contribution in [2.75, 3.05) is 44.7 Å².